The van der Waals surface area contributed by atoms with Gasteiger partial charge in [-0.15, -0.1) is 0 Å². The second-order valence-electron chi connectivity index (χ2n) is 8.07. The van der Waals surface area contributed by atoms with Crippen molar-refractivity contribution in [2.45, 2.75) is 25.9 Å². The lowest BCUT2D eigenvalue weighted by Crippen LogP contribution is -2.36. The number of thioether (sulfide) groups is 2. The molecule has 0 N–H and O–H groups in total. The molecule has 3 fully saturated rings. The Labute approximate surface area is 200 Å². The minimum absolute atomic E-state index is 0.0224. The van der Waals surface area contributed by atoms with Gasteiger partial charge in [0.15, 0.2) is 0 Å². The summed E-state index contributed by atoms with van der Waals surface area (Å²) < 4.78 is 7.77. The minimum Gasteiger partial charge on any atom is -0.376 e. The van der Waals surface area contributed by atoms with Crippen molar-refractivity contribution in [3.8, 4) is 0 Å². The Morgan fingerprint density at radius 3 is 2.88 bits per heavy atom. The molecule has 1 amide bonds. The molecule has 0 bridgehead atoms. The number of hydrogen-bond acceptors (Lipinski definition) is 8. The summed E-state index contributed by atoms with van der Waals surface area (Å²) in [6, 6.07) is 3.79. The lowest BCUT2D eigenvalue weighted by molar-refractivity contribution is -0.123. The number of rotatable bonds is 4. The highest BCUT2D eigenvalue weighted by molar-refractivity contribution is 8.26. The van der Waals surface area contributed by atoms with E-state index in [1.54, 1.807) is 21.6 Å². The Hall–Kier alpha value is -1.88. The zero-order valence-corrected chi connectivity index (χ0v) is 20.2. The van der Waals surface area contributed by atoms with Crippen LogP contribution in [0.4, 0.5) is 5.82 Å². The highest BCUT2D eigenvalue weighted by Gasteiger charge is 2.35. The molecule has 10 heteroatoms. The number of hydrogen-bond donors (Lipinski definition) is 0. The number of ether oxygens (including phenoxy) is 1. The average Bonchev–Trinajstić information content (AvgIpc) is 3.41. The van der Waals surface area contributed by atoms with Gasteiger partial charge >= 0.3 is 0 Å². The highest BCUT2D eigenvalue weighted by atomic mass is 32.2. The van der Waals surface area contributed by atoms with Gasteiger partial charge in [-0.05, 0) is 37.5 Å². The molecular formula is C22H24N4O3S3. The molecule has 7 nitrogen and oxygen atoms in total. The van der Waals surface area contributed by atoms with Gasteiger partial charge in [-0.3, -0.25) is 18.9 Å². The number of carbonyl (C=O) groups is 1. The monoisotopic (exact) mass is 488 g/mol. The molecule has 0 aliphatic carbocycles. The largest absolute Gasteiger partial charge is 0.376 e. The molecule has 3 aliphatic heterocycles. The summed E-state index contributed by atoms with van der Waals surface area (Å²) in [5, 5.41) is 0. The van der Waals surface area contributed by atoms with E-state index in [0.29, 0.717) is 32.8 Å². The maximum Gasteiger partial charge on any atom is 0.267 e. The summed E-state index contributed by atoms with van der Waals surface area (Å²) in [5.41, 5.74) is 1.86. The van der Waals surface area contributed by atoms with E-state index in [1.165, 1.54) is 11.8 Å². The SMILES string of the molecule is Cc1cccn2c(=O)c(/C=C3/SC(=S)N(C[C@H]4CCCO4)C3=O)c(N3CCSCC3)nc12. The molecule has 3 saturated heterocycles. The Bertz CT molecular complexity index is 1170. The van der Waals surface area contributed by atoms with E-state index >= 15 is 0 Å². The summed E-state index contributed by atoms with van der Waals surface area (Å²) in [6.07, 6.45) is 5.38. The number of anilines is 1. The second-order valence-corrected chi connectivity index (χ2v) is 11.0. The van der Waals surface area contributed by atoms with E-state index in [-0.39, 0.29) is 17.6 Å². The van der Waals surface area contributed by atoms with Crippen LogP contribution in [-0.2, 0) is 9.53 Å². The van der Waals surface area contributed by atoms with Gasteiger partial charge in [0.1, 0.15) is 15.8 Å². The second kappa shape index (κ2) is 9.17. The highest BCUT2D eigenvalue weighted by Crippen LogP contribution is 2.34. The van der Waals surface area contributed by atoms with Crippen LogP contribution >= 0.6 is 35.7 Å². The van der Waals surface area contributed by atoms with Gasteiger partial charge in [0.05, 0.1) is 23.1 Å². The number of carbonyl (C=O) groups excluding carboxylic acids is 1. The lowest BCUT2D eigenvalue weighted by Gasteiger charge is -2.29. The van der Waals surface area contributed by atoms with Crippen LogP contribution in [0.15, 0.2) is 28.0 Å². The third-order valence-corrected chi connectivity index (χ3v) is 8.25. The summed E-state index contributed by atoms with van der Waals surface area (Å²) in [7, 11) is 0. The topological polar surface area (TPSA) is 67.2 Å². The van der Waals surface area contributed by atoms with Crippen molar-refractivity contribution >= 4 is 63.5 Å². The molecule has 32 heavy (non-hydrogen) atoms. The first-order valence-corrected chi connectivity index (χ1v) is 13.1. The fraction of sp³-hybridized carbons (Fsp3) is 0.455. The van der Waals surface area contributed by atoms with Crippen molar-refractivity contribution in [3.63, 3.8) is 0 Å². The standard InChI is InChI=1S/C22H24N4O3S3/c1-14-4-2-6-25-18(14)23-19(24-7-10-31-11-8-24)16(20(25)27)12-17-21(28)26(22(30)32-17)13-15-5-3-9-29-15/h2,4,6,12,15H,3,5,7-11,13H2,1H3/b17-12+/t15-/m1/s1. The molecule has 2 aromatic rings. The van der Waals surface area contributed by atoms with Gasteiger partial charge in [0.25, 0.3) is 11.5 Å². The predicted octanol–water partition coefficient (Wildman–Crippen LogP) is 2.94. The third-order valence-electron chi connectivity index (χ3n) is 5.93. The number of fused-ring (bicyclic) bond motifs is 1. The van der Waals surface area contributed by atoms with E-state index in [4.69, 9.17) is 21.9 Å². The van der Waals surface area contributed by atoms with Crippen molar-refractivity contribution < 1.29 is 9.53 Å². The van der Waals surface area contributed by atoms with Crippen molar-refractivity contribution in [2.75, 3.05) is 42.6 Å². The van der Waals surface area contributed by atoms with Crippen LogP contribution in [0.25, 0.3) is 11.7 Å². The number of aryl methyl sites for hydroxylation is 1. The van der Waals surface area contributed by atoms with Gasteiger partial charge in [0, 0.05) is 37.4 Å². The molecule has 0 unspecified atom stereocenters. The summed E-state index contributed by atoms with van der Waals surface area (Å²) >= 11 is 8.63. The smallest absolute Gasteiger partial charge is 0.267 e. The summed E-state index contributed by atoms with van der Waals surface area (Å²) in [5.74, 6) is 2.45. The Balaban J connectivity index is 1.57. The van der Waals surface area contributed by atoms with Gasteiger partial charge in [0.2, 0.25) is 0 Å². The van der Waals surface area contributed by atoms with E-state index in [1.807, 2.05) is 30.8 Å². The number of aromatic nitrogens is 2. The molecule has 5 heterocycles. The maximum atomic E-state index is 13.5. The van der Waals surface area contributed by atoms with E-state index in [2.05, 4.69) is 4.90 Å². The van der Waals surface area contributed by atoms with Gasteiger partial charge in [-0.1, -0.05) is 30.0 Å². The van der Waals surface area contributed by atoms with Crippen LogP contribution in [0.5, 0.6) is 0 Å². The molecule has 2 aromatic heterocycles. The Morgan fingerprint density at radius 2 is 2.12 bits per heavy atom. The van der Waals surface area contributed by atoms with Crippen LogP contribution < -0.4 is 10.5 Å². The van der Waals surface area contributed by atoms with E-state index in [0.717, 1.165) is 49.6 Å². The van der Waals surface area contributed by atoms with E-state index < -0.39 is 0 Å². The fourth-order valence-electron chi connectivity index (χ4n) is 4.22. The van der Waals surface area contributed by atoms with Gasteiger partial charge < -0.3 is 9.64 Å². The zero-order chi connectivity index (χ0) is 22.2. The Morgan fingerprint density at radius 1 is 1.31 bits per heavy atom. The Kier molecular flexibility index (Phi) is 6.28. The molecule has 3 aliphatic rings. The molecule has 0 aromatic carbocycles. The molecule has 168 valence electrons. The summed E-state index contributed by atoms with van der Waals surface area (Å²) in [4.78, 5) is 35.8. The number of pyridine rings is 1. The van der Waals surface area contributed by atoms with Crippen LogP contribution in [0.3, 0.4) is 0 Å². The third kappa shape index (κ3) is 4.09. The van der Waals surface area contributed by atoms with E-state index in [9.17, 15) is 9.59 Å². The molecule has 0 saturated carbocycles. The molecule has 5 rings (SSSR count). The van der Waals surface area contributed by atoms with Crippen LogP contribution in [0.1, 0.15) is 24.0 Å². The van der Waals surface area contributed by atoms with Crippen molar-refractivity contribution in [1.29, 1.82) is 0 Å². The first-order valence-electron chi connectivity index (χ1n) is 10.7. The van der Waals surface area contributed by atoms with Crippen LogP contribution in [0, 0.1) is 6.92 Å². The van der Waals surface area contributed by atoms with Crippen LogP contribution in [0.2, 0.25) is 0 Å². The quantitative estimate of drug-likeness (QED) is 0.481. The normalized spacial score (nSPS) is 23.2. The first kappa shape index (κ1) is 21.9. The first-order chi connectivity index (χ1) is 15.5. The molecule has 1 atom stereocenters. The van der Waals surface area contributed by atoms with Gasteiger partial charge in [-0.2, -0.15) is 11.8 Å². The van der Waals surface area contributed by atoms with Crippen molar-refractivity contribution in [3.05, 3.63) is 44.7 Å². The maximum absolute atomic E-state index is 13.5. The molecular weight excluding hydrogens is 464 g/mol. The lowest BCUT2D eigenvalue weighted by atomic mass is 10.2. The van der Waals surface area contributed by atoms with Gasteiger partial charge in [-0.25, -0.2) is 4.98 Å². The zero-order valence-electron chi connectivity index (χ0n) is 17.8. The average molecular weight is 489 g/mol. The summed E-state index contributed by atoms with van der Waals surface area (Å²) in [6.45, 7) is 4.78. The van der Waals surface area contributed by atoms with Crippen LogP contribution in [-0.4, -0.2) is 68.4 Å². The van der Waals surface area contributed by atoms with Crippen molar-refractivity contribution in [1.82, 2.24) is 14.3 Å². The number of amides is 1. The fourth-order valence-corrected chi connectivity index (χ4v) is 6.38. The minimum atomic E-state index is -0.170. The number of thiocarbonyl (C=S) groups is 1. The predicted molar refractivity (Wildman–Crippen MR) is 135 cm³/mol. The number of nitrogens with zero attached hydrogens (tertiary/aromatic N) is 4. The molecule has 0 spiro atoms. The molecule has 0 radical (unpaired) electrons. The van der Waals surface area contributed by atoms with Crippen molar-refractivity contribution in [2.24, 2.45) is 0 Å².